The van der Waals surface area contributed by atoms with E-state index >= 15 is 4.39 Å². The summed E-state index contributed by atoms with van der Waals surface area (Å²) in [6, 6.07) is 0. The average molecular weight is 322 g/mol. The molecule has 1 aromatic carbocycles. The Hall–Kier alpha value is -1.71. The minimum Gasteiger partial charge on any atom is -0.485 e. The summed E-state index contributed by atoms with van der Waals surface area (Å²) in [6.07, 6.45) is -0.436. The van der Waals surface area contributed by atoms with E-state index in [9.17, 15) is 8.78 Å². The van der Waals surface area contributed by atoms with Crippen LogP contribution < -0.4 is 4.74 Å². The largest absolute Gasteiger partial charge is 0.485 e. The van der Waals surface area contributed by atoms with Crippen LogP contribution in [0.2, 0.25) is 0 Å². The van der Waals surface area contributed by atoms with Gasteiger partial charge in [-0.05, 0) is 41.5 Å². The molecule has 0 saturated carbocycles. The van der Waals surface area contributed by atoms with Gasteiger partial charge in [-0.2, -0.15) is 4.39 Å². The molecule has 3 aliphatic rings. The van der Waals surface area contributed by atoms with Crippen LogP contribution >= 0.6 is 0 Å². The number of benzene rings is 1. The summed E-state index contributed by atoms with van der Waals surface area (Å²) in [5.41, 5.74) is 4.40. The molecular formula is C19H21F3O. The van der Waals surface area contributed by atoms with E-state index in [1.165, 1.54) is 0 Å². The lowest BCUT2D eigenvalue weighted by molar-refractivity contribution is 0.214. The maximum Gasteiger partial charge on any atom is 0.204 e. The fourth-order valence-corrected chi connectivity index (χ4v) is 4.00. The standard InChI is InChI=1S/C19H21F3O/c1-7(2)23-19-17(21)15-13-10(5)8(3)12(9(4)11(13)6)14(15)16(20)18(19)22/h7,12-13H,1-6H3. The van der Waals surface area contributed by atoms with Gasteiger partial charge in [0, 0.05) is 23.0 Å². The van der Waals surface area contributed by atoms with Crippen molar-refractivity contribution in [1.29, 1.82) is 0 Å². The zero-order chi connectivity index (χ0) is 17.2. The van der Waals surface area contributed by atoms with E-state index in [4.69, 9.17) is 4.74 Å². The predicted octanol–water partition coefficient (Wildman–Crippen LogP) is 5.76. The third kappa shape index (κ3) is 2.00. The molecule has 0 spiro atoms. The fourth-order valence-electron chi connectivity index (χ4n) is 4.00. The van der Waals surface area contributed by atoms with Crippen LogP contribution in [0.25, 0.3) is 0 Å². The van der Waals surface area contributed by atoms with Gasteiger partial charge in [0.05, 0.1) is 6.10 Å². The molecule has 0 fully saturated rings. The second-order valence-corrected chi connectivity index (χ2v) is 6.86. The summed E-state index contributed by atoms with van der Waals surface area (Å²) in [4.78, 5) is 0. The van der Waals surface area contributed by atoms with E-state index in [-0.39, 0.29) is 23.0 Å². The van der Waals surface area contributed by atoms with E-state index in [2.05, 4.69) is 0 Å². The Kier molecular flexibility index (Phi) is 3.62. The number of ether oxygens (including phenoxy) is 1. The van der Waals surface area contributed by atoms with Gasteiger partial charge in [0.15, 0.2) is 17.4 Å². The third-order valence-corrected chi connectivity index (χ3v) is 5.26. The van der Waals surface area contributed by atoms with Crippen LogP contribution in [0.5, 0.6) is 5.75 Å². The molecule has 4 heteroatoms. The lowest BCUT2D eigenvalue weighted by Crippen LogP contribution is -2.29. The van der Waals surface area contributed by atoms with E-state index in [0.29, 0.717) is 0 Å². The molecule has 23 heavy (non-hydrogen) atoms. The maximum atomic E-state index is 15.0. The molecule has 2 bridgehead atoms. The maximum absolute atomic E-state index is 15.0. The molecule has 1 nitrogen and oxygen atoms in total. The van der Waals surface area contributed by atoms with Gasteiger partial charge in [-0.25, -0.2) is 8.78 Å². The Labute approximate surface area is 134 Å². The van der Waals surface area contributed by atoms with Crippen molar-refractivity contribution in [1.82, 2.24) is 0 Å². The van der Waals surface area contributed by atoms with E-state index < -0.39 is 29.3 Å². The number of allylic oxidation sites excluding steroid dienone is 4. The molecule has 4 rings (SSSR count). The lowest BCUT2D eigenvalue weighted by Gasteiger charge is -2.42. The average Bonchev–Trinajstić information content (AvgIpc) is 2.48. The summed E-state index contributed by atoms with van der Waals surface area (Å²) in [6.45, 7) is 11.0. The Bertz CT molecular complexity index is 746. The summed E-state index contributed by atoms with van der Waals surface area (Å²) >= 11 is 0. The summed E-state index contributed by atoms with van der Waals surface area (Å²) in [5, 5.41) is 0. The van der Waals surface area contributed by atoms with Crippen molar-refractivity contribution in [3.05, 3.63) is 50.9 Å². The highest BCUT2D eigenvalue weighted by atomic mass is 19.2. The van der Waals surface area contributed by atoms with Crippen molar-refractivity contribution < 1.29 is 17.9 Å². The smallest absolute Gasteiger partial charge is 0.204 e. The molecule has 0 aliphatic heterocycles. The van der Waals surface area contributed by atoms with Crippen LogP contribution in [0, 0.1) is 17.5 Å². The first-order valence-corrected chi connectivity index (χ1v) is 7.89. The van der Waals surface area contributed by atoms with Crippen molar-refractivity contribution >= 4 is 0 Å². The van der Waals surface area contributed by atoms with Gasteiger partial charge in [-0.15, -0.1) is 0 Å². The van der Waals surface area contributed by atoms with Gasteiger partial charge in [-0.3, -0.25) is 0 Å². The zero-order valence-corrected chi connectivity index (χ0v) is 14.3. The summed E-state index contributed by atoms with van der Waals surface area (Å²) in [7, 11) is 0. The quantitative estimate of drug-likeness (QED) is 0.497. The topological polar surface area (TPSA) is 9.23 Å². The fraction of sp³-hybridized carbons (Fsp3) is 0.474. The molecule has 0 aromatic heterocycles. The van der Waals surface area contributed by atoms with Crippen LogP contribution in [-0.2, 0) is 0 Å². The first kappa shape index (κ1) is 16.2. The predicted molar refractivity (Wildman–Crippen MR) is 84.3 cm³/mol. The molecule has 0 atom stereocenters. The number of halogens is 3. The van der Waals surface area contributed by atoms with Crippen molar-refractivity contribution in [2.75, 3.05) is 0 Å². The molecule has 0 amide bonds. The van der Waals surface area contributed by atoms with E-state index in [1.807, 2.05) is 27.7 Å². The summed E-state index contributed by atoms with van der Waals surface area (Å²) < 4.78 is 49.4. The van der Waals surface area contributed by atoms with Crippen LogP contribution in [0.4, 0.5) is 13.2 Å². The highest BCUT2D eigenvalue weighted by molar-refractivity contribution is 5.63. The lowest BCUT2D eigenvalue weighted by atomic mass is 9.62. The van der Waals surface area contributed by atoms with Gasteiger partial charge < -0.3 is 4.74 Å². The van der Waals surface area contributed by atoms with E-state index in [0.717, 1.165) is 22.3 Å². The van der Waals surface area contributed by atoms with Gasteiger partial charge in [0.1, 0.15) is 0 Å². The first-order valence-electron chi connectivity index (χ1n) is 7.89. The van der Waals surface area contributed by atoms with Crippen molar-refractivity contribution in [2.24, 2.45) is 0 Å². The van der Waals surface area contributed by atoms with Crippen molar-refractivity contribution in [3.63, 3.8) is 0 Å². The molecule has 3 aliphatic carbocycles. The first-order chi connectivity index (χ1) is 10.7. The van der Waals surface area contributed by atoms with Crippen molar-refractivity contribution in [2.45, 2.75) is 59.5 Å². The number of rotatable bonds is 2. The van der Waals surface area contributed by atoms with Crippen LogP contribution in [0.1, 0.15) is 64.5 Å². The van der Waals surface area contributed by atoms with E-state index in [1.54, 1.807) is 13.8 Å². The number of hydrogen-bond acceptors (Lipinski definition) is 1. The Morgan fingerprint density at radius 1 is 0.696 bits per heavy atom. The van der Waals surface area contributed by atoms with Crippen LogP contribution in [0.3, 0.4) is 0 Å². The van der Waals surface area contributed by atoms with Crippen LogP contribution in [-0.4, -0.2) is 6.10 Å². The highest BCUT2D eigenvalue weighted by Gasteiger charge is 2.44. The minimum absolute atomic E-state index is 0.146. The normalized spacial score (nSPS) is 23.0. The highest BCUT2D eigenvalue weighted by Crippen LogP contribution is 2.57. The molecule has 124 valence electrons. The molecule has 0 heterocycles. The molecular weight excluding hydrogens is 301 g/mol. The molecule has 0 N–H and O–H groups in total. The number of hydrogen-bond donors (Lipinski definition) is 0. The van der Waals surface area contributed by atoms with Gasteiger partial charge in [0.25, 0.3) is 0 Å². The van der Waals surface area contributed by atoms with Gasteiger partial charge in [-0.1, -0.05) is 22.3 Å². The third-order valence-electron chi connectivity index (χ3n) is 5.26. The SMILES string of the molecule is CC1=C(C)C2C(C)=C(C)C1c1c(F)c(F)c(OC(C)C)c(F)c12. The Morgan fingerprint density at radius 2 is 1.09 bits per heavy atom. The monoisotopic (exact) mass is 322 g/mol. The minimum atomic E-state index is -1.22. The van der Waals surface area contributed by atoms with Gasteiger partial charge in [0.2, 0.25) is 5.82 Å². The zero-order valence-electron chi connectivity index (χ0n) is 14.3. The Morgan fingerprint density at radius 3 is 1.48 bits per heavy atom. The van der Waals surface area contributed by atoms with Crippen LogP contribution in [0.15, 0.2) is 22.3 Å². The molecule has 0 radical (unpaired) electrons. The molecule has 1 aromatic rings. The molecule has 0 unspecified atom stereocenters. The second-order valence-electron chi connectivity index (χ2n) is 6.86. The van der Waals surface area contributed by atoms with Crippen molar-refractivity contribution in [3.8, 4) is 5.75 Å². The second kappa shape index (κ2) is 5.15. The summed E-state index contributed by atoms with van der Waals surface area (Å²) in [5.74, 6) is -4.28. The molecule has 0 saturated heterocycles. The Balaban J connectivity index is 2.35. The van der Waals surface area contributed by atoms with Gasteiger partial charge >= 0.3 is 0 Å².